The molecule has 0 unspecified atom stereocenters. The predicted octanol–water partition coefficient (Wildman–Crippen LogP) is 3.80. The molecule has 2 aromatic rings. The van der Waals surface area contributed by atoms with Gasteiger partial charge in [0, 0.05) is 3.57 Å². The summed E-state index contributed by atoms with van der Waals surface area (Å²) in [7, 11) is 0. The molecule has 2 aromatic carbocycles. The lowest BCUT2D eigenvalue weighted by molar-refractivity contribution is -0.114. The third kappa shape index (κ3) is 2.89. The van der Waals surface area contributed by atoms with Crippen LogP contribution in [0.2, 0.25) is 0 Å². The third-order valence-electron chi connectivity index (χ3n) is 3.31. The number of halogens is 1. The Bertz CT molecular complexity index is 795. The molecule has 110 valence electrons. The van der Waals surface area contributed by atoms with Crippen molar-refractivity contribution >= 4 is 46.0 Å². The largest absolute Gasteiger partial charge is 0.508 e. The van der Waals surface area contributed by atoms with Gasteiger partial charge in [0.25, 0.3) is 5.91 Å². The maximum absolute atomic E-state index is 12.6. The minimum absolute atomic E-state index is 0.165. The first kappa shape index (κ1) is 14.8. The standard InChI is InChI=1S/C17H13IN2O2/c1-11-16(10-12-3-2-4-15(21)9-12)17(22)20(19-11)14-7-5-13(18)6-8-14/h2-10,21H,1H3. The third-order valence-corrected chi connectivity index (χ3v) is 4.03. The second kappa shape index (κ2) is 5.92. The fourth-order valence-electron chi connectivity index (χ4n) is 2.22. The zero-order valence-corrected chi connectivity index (χ0v) is 14.0. The van der Waals surface area contributed by atoms with Crippen LogP contribution in [0, 0.1) is 3.57 Å². The van der Waals surface area contributed by atoms with E-state index in [0.717, 1.165) is 14.8 Å². The highest BCUT2D eigenvalue weighted by Gasteiger charge is 2.28. The van der Waals surface area contributed by atoms with Crippen molar-refractivity contribution in [3.8, 4) is 5.75 Å². The minimum atomic E-state index is -0.165. The molecule has 0 fully saturated rings. The van der Waals surface area contributed by atoms with Crippen molar-refractivity contribution in [2.24, 2.45) is 5.10 Å². The number of carbonyl (C=O) groups excluding carboxylic acids is 1. The summed E-state index contributed by atoms with van der Waals surface area (Å²) >= 11 is 2.22. The van der Waals surface area contributed by atoms with E-state index in [1.807, 2.05) is 30.3 Å². The number of hydrazone groups is 1. The maximum atomic E-state index is 12.6. The molecular formula is C17H13IN2O2. The lowest BCUT2D eigenvalue weighted by atomic mass is 10.1. The summed E-state index contributed by atoms with van der Waals surface area (Å²) in [4.78, 5) is 12.6. The van der Waals surface area contributed by atoms with Gasteiger partial charge in [0.05, 0.1) is 17.0 Å². The molecule has 0 aliphatic carbocycles. The van der Waals surface area contributed by atoms with E-state index < -0.39 is 0 Å². The molecule has 1 amide bonds. The van der Waals surface area contributed by atoms with E-state index in [1.165, 1.54) is 5.01 Å². The van der Waals surface area contributed by atoms with Gasteiger partial charge in [-0.1, -0.05) is 12.1 Å². The molecule has 5 heteroatoms. The number of anilines is 1. The van der Waals surface area contributed by atoms with Crippen LogP contribution in [0.15, 0.2) is 59.2 Å². The molecule has 0 bridgehead atoms. The number of carbonyl (C=O) groups is 1. The van der Waals surface area contributed by atoms with E-state index >= 15 is 0 Å². The van der Waals surface area contributed by atoms with Gasteiger partial charge in [0.15, 0.2) is 0 Å². The number of aromatic hydroxyl groups is 1. The molecule has 4 nitrogen and oxygen atoms in total. The molecule has 22 heavy (non-hydrogen) atoms. The summed E-state index contributed by atoms with van der Waals surface area (Å²) in [6.45, 7) is 1.80. The average Bonchev–Trinajstić information content (AvgIpc) is 2.76. The van der Waals surface area contributed by atoms with Crippen molar-refractivity contribution < 1.29 is 9.90 Å². The van der Waals surface area contributed by atoms with Crippen molar-refractivity contribution in [2.75, 3.05) is 5.01 Å². The normalized spacial score (nSPS) is 16.3. The molecule has 0 aromatic heterocycles. The molecule has 3 rings (SSSR count). The Hall–Kier alpha value is -2.15. The van der Waals surface area contributed by atoms with Gasteiger partial charge in [0.1, 0.15) is 5.75 Å². The van der Waals surface area contributed by atoms with Gasteiger partial charge in [-0.2, -0.15) is 10.1 Å². The summed E-state index contributed by atoms with van der Waals surface area (Å²) in [6.07, 6.45) is 1.74. The summed E-state index contributed by atoms with van der Waals surface area (Å²) in [5.41, 5.74) is 2.70. The molecule has 1 aliphatic heterocycles. The van der Waals surface area contributed by atoms with Crippen LogP contribution in [0.4, 0.5) is 5.69 Å². The number of nitrogens with zero attached hydrogens (tertiary/aromatic N) is 2. The summed E-state index contributed by atoms with van der Waals surface area (Å²) < 4.78 is 1.10. The SMILES string of the molecule is CC1=NN(c2ccc(I)cc2)C(=O)C1=Cc1cccc(O)c1. The van der Waals surface area contributed by atoms with Crippen molar-refractivity contribution in [2.45, 2.75) is 6.92 Å². The fourth-order valence-corrected chi connectivity index (χ4v) is 2.58. The molecule has 1 heterocycles. The van der Waals surface area contributed by atoms with Gasteiger partial charge in [-0.05, 0) is 77.6 Å². The molecule has 0 atom stereocenters. The Morgan fingerprint density at radius 2 is 1.91 bits per heavy atom. The van der Waals surface area contributed by atoms with Crippen LogP contribution in [-0.4, -0.2) is 16.7 Å². The summed E-state index contributed by atoms with van der Waals surface area (Å²) in [6, 6.07) is 14.4. The Morgan fingerprint density at radius 3 is 2.59 bits per heavy atom. The Kier molecular flexibility index (Phi) is 3.98. The number of rotatable bonds is 2. The first-order valence-corrected chi connectivity index (χ1v) is 7.79. The number of hydrogen-bond donors (Lipinski definition) is 1. The topological polar surface area (TPSA) is 52.9 Å². The van der Waals surface area contributed by atoms with Gasteiger partial charge < -0.3 is 5.11 Å². The van der Waals surface area contributed by atoms with Crippen LogP contribution >= 0.6 is 22.6 Å². The second-order valence-electron chi connectivity index (χ2n) is 4.93. The molecule has 0 radical (unpaired) electrons. The lowest BCUT2D eigenvalue weighted by Crippen LogP contribution is -2.21. The Morgan fingerprint density at radius 1 is 1.18 bits per heavy atom. The monoisotopic (exact) mass is 404 g/mol. The van der Waals surface area contributed by atoms with E-state index in [-0.39, 0.29) is 11.7 Å². The second-order valence-corrected chi connectivity index (χ2v) is 6.18. The van der Waals surface area contributed by atoms with Gasteiger partial charge >= 0.3 is 0 Å². The van der Waals surface area contributed by atoms with E-state index in [2.05, 4.69) is 27.7 Å². The fraction of sp³-hybridized carbons (Fsp3) is 0.0588. The number of phenolic OH excluding ortho intramolecular Hbond substituents is 1. The molecular weight excluding hydrogens is 391 g/mol. The highest BCUT2D eigenvalue weighted by molar-refractivity contribution is 14.1. The number of benzene rings is 2. The molecule has 0 spiro atoms. The molecule has 1 N–H and O–H groups in total. The van der Waals surface area contributed by atoms with Crippen LogP contribution in [0.5, 0.6) is 5.75 Å². The minimum Gasteiger partial charge on any atom is -0.508 e. The highest BCUT2D eigenvalue weighted by atomic mass is 127. The quantitative estimate of drug-likeness (QED) is 0.612. The number of phenols is 1. The van der Waals surface area contributed by atoms with Crippen LogP contribution in [0.25, 0.3) is 6.08 Å². The molecule has 0 saturated heterocycles. The van der Waals surface area contributed by atoms with Gasteiger partial charge in [-0.3, -0.25) is 4.79 Å². The lowest BCUT2D eigenvalue weighted by Gasteiger charge is -2.11. The van der Waals surface area contributed by atoms with Crippen LogP contribution < -0.4 is 5.01 Å². The maximum Gasteiger partial charge on any atom is 0.280 e. The van der Waals surface area contributed by atoms with E-state index in [4.69, 9.17) is 0 Å². The zero-order chi connectivity index (χ0) is 15.7. The predicted molar refractivity (Wildman–Crippen MR) is 95.8 cm³/mol. The summed E-state index contributed by atoms with van der Waals surface area (Å²) in [5.74, 6) is 0.00549. The zero-order valence-electron chi connectivity index (χ0n) is 11.8. The van der Waals surface area contributed by atoms with Crippen molar-refractivity contribution in [3.63, 3.8) is 0 Å². The van der Waals surface area contributed by atoms with E-state index in [1.54, 1.807) is 31.2 Å². The summed E-state index contributed by atoms with van der Waals surface area (Å²) in [5, 5.41) is 15.3. The molecule has 1 aliphatic rings. The van der Waals surface area contributed by atoms with Crippen LogP contribution in [-0.2, 0) is 4.79 Å². The number of hydrogen-bond acceptors (Lipinski definition) is 3. The van der Waals surface area contributed by atoms with E-state index in [0.29, 0.717) is 11.3 Å². The van der Waals surface area contributed by atoms with Gasteiger partial charge in [0.2, 0.25) is 0 Å². The van der Waals surface area contributed by atoms with Crippen molar-refractivity contribution in [1.82, 2.24) is 0 Å². The van der Waals surface area contributed by atoms with Crippen molar-refractivity contribution in [3.05, 3.63) is 63.2 Å². The molecule has 0 saturated carbocycles. The smallest absolute Gasteiger partial charge is 0.280 e. The van der Waals surface area contributed by atoms with Crippen LogP contribution in [0.3, 0.4) is 0 Å². The Labute approximate surface area is 141 Å². The highest BCUT2D eigenvalue weighted by Crippen LogP contribution is 2.26. The Balaban J connectivity index is 1.94. The van der Waals surface area contributed by atoms with Gasteiger partial charge in [-0.15, -0.1) is 0 Å². The first-order chi connectivity index (χ1) is 10.5. The van der Waals surface area contributed by atoms with Crippen LogP contribution in [0.1, 0.15) is 12.5 Å². The average molecular weight is 404 g/mol. The first-order valence-electron chi connectivity index (χ1n) is 6.71. The van der Waals surface area contributed by atoms with E-state index in [9.17, 15) is 9.90 Å². The van der Waals surface area contributed by atoms with Gasteiger partial charge in [-0.25, -0.2) is 0 Å². The number of amides is 1. The van der Waals surface area contributed by atoms with Crippen molar-refractivity contribution in [1.29, 1.82) is 0 Å².